The molecular weight excluding hydrogens is 272 g/mol. The first kappa shape index (κ1) is 16.1. The minimum atomic E-state index is -0.741. The van der Waals surface area contributed by atoms with Crippen molar-refractivity contribution in [3.63, 3.8) is 0 Å². The number of urea groups is 1. The Morgan fingerprint density at radius 2 is 1.71 bits per heavy atom. The van der Waals surface area contributed by atoms with E-state index in [1.54, 1.807) is 0 Å². The number of aliphatic hydroxyl groups excluding tert-OH is 1. The number of piperidine rings is 2. The lowest BCUT2D eigenvalue weighted by Gasteiger charge is -2.39. The molecule has 0 aromatic carbocycles. The highest BCUT2D eigenvalue weighted by Gasteiger charge is 2.31. The Kier molecular flexibility index (Phi) is 5.45. The molecule has 2 aliphatic heterocycles. The summed E-state index contributed by atoms with van der Waals surface area (Å²) >= 11 is 0. The maximum absolute atomic E-state index is 12.5. The summed E-state index contributed by atoms with van der Waals surface area (Å²) in [5.74, 6) is -0.183. The molecule has 0 aliphatic carbocycles. The van der Waals surface area contributed by atoms with Crippen molar-refractivity contribution in [1.82, 2.24) is 9.80 Å². The van der Waals surface area contributed by atoms with Gasteiger partial charge in [0.15, 0.2) is 0 Å². The average molecular weight is 298 g/mol. The Bertz CT molecular complexity index is 380. The fourth-order valence-electron chi connectivity index (χ4n) is 3.25. The summed E-state index contributed by atoms with van der Waals surface area (Å²) < 4.78 is 0. The van der Waals surface area contributed by atoms with Crippen molar-refractivity contribution in [2.75, 3.05) is 26.2 Å². The fourth-order valence-corrected chi connectivity index (χ4v) is 3.25. The molecule has 2 aliphatic rings. The number of rotatable bonds is 3. The van der Waals surface area contributed by atoms with Crippen LogP contribution in [0.3, 0.4) is 0 Å². The van der Waals surface area contributed by atoms with Gasteiger partial charge in [0.25, 0.3) is 0 Å². The van der Waals surface area contributed by atoms with Crippen LogP contribution in [0.2, 0.25) is 0 Å². The van der Waals surface area contributed by atoms with Gasteiger partial charge in [0, 0.05) is 32.6 Å². The van der Waals surface area contributed by atoms with Crippen molar-refractivity contribution in [3.05, 3.63) is 0 Å². The maximum Gasteiger partial charge on any atom is 0.320 e. The zero-order valence-electron chi connectivity index (χ0n) is 12.7. The largest absolute Gasteiger partial charge is 0.481 e. The van der Waals surface area contributed by atoms with Gasteiger partial charge in [0.05, 0.1) is 6.10 Å². The number of likely N-dealkylation sites (tertiary alicyclic amines) is 2. The van der Waals surface area contributed by atoms with Crippen LogP contribution in [0, 0.1) is 11.8 Å². The number of carboxylic acid groups (broad SMARTS) is 1. The first-order valence-corrected chi connectivity index (χ1v) is 7.91. The van der Waals surface area contributed by atoms with Crippen LogP contribution in [0.25, 0.3) is 0 Å². The van der Waals surface area contributed by atoms with Gasteiger partial charge in [-0.3, -0.25) is 4.79 Å². The van der Waals surface area contributed by atoms with E-state index in [-0.39, 0.29) is 24.5 Å². The molecule has 0 saturated carbocycles. The molecule has 2 N–H and O–H groups in total. The third-order valence-corrected chi connectivity index (χ3v) is 4.78. The third-order valence-electron chi connectivity index (χ3n) is 4.78. The molecule has 2 unspecified atom stereocenters. The highest BCUT2D eigenvalue weighted by atomic mass is 16.4. The molecule has 2 heterocycles. The van der Waals surface area contributed by atoms with Gasteiger partial charge in [0.2, 0.25) is 0 Å². The number of aliphatic hydroxyl groups is 1. The van der Waals surface area contributed by atoms with Gasteiger partial charge in [0.1, 0.15) is 0 Å². The van der Waals surface area contributed by atoms with Crippen molar-refractivity contribution in [3.8, 4) is 0 Å². The Balaban J connectivity index is 1.76. The molecule has 120 valence electrons. The number of hydrogen-bond donors (Lipinski definition) is 2. The van der Waals surface area contributed by atoms with Crippen LogP contribution < -0.4 is 0 Å². The van der Waals surface area contributed by atoms with Gasteiger partial charge in [-0.2, -0.15) is 0 Å². The summed E-state index contributed by atoms with van der Waals surface area (Å²) in [6, 6.07) is 0.0745. The molecule has 6 heteroatoms. The zero-order valence-corrected chi connectivity index (χ0v) is 12.7. The molecule has 21 heavy (non-hydrogen) atoms. The molecule has 0 spiro atoms. The highest BCUT2D eigenvalue weighted by Crippen LogP contribution is 2.24. The van der Waals surface area contributed by atoms with E-state index in [2.05, 4.69) is 0 Å². The van der Waals surface area contributed by atoms with Crippen molar-refractivity contribution in [2.45, 2.75) is 45.1 Å². The molecule has 0 radical (unpaired) electrons. The minimum Gasteiger partial charge on any atom is -0.481 e. The number of hydrogen-bond acceptors (Lipinski definition) is 3. The quantitative estimate of drug-likeness (QED) is 0.825. The van der Waals surface area contributed by atoms with E-state index in [9.17, 15) is 14.7 Å². The first-order chi connectivity index (χ1) is 9.97. The molecule has 2 atom stereocenters. The summed E-state index contributed by atoms with van der Waals surface area (Å²) in [5, 5.41) is 18.4. The summed E-state index contributed by atoms with van der Waals surface area (Å²) in [6.45, 7) is 4.66. The lowest BCUT2D eigenvalue weighted by molar-refractivity contribution is -0.137. The first-order valence-electron chi connectivity index (χ1n) is 7.91. The second kappa shape index (κ2) is 7.11. The topological polar surface area (TPSA) is 81.1 Å². The second-order valence-electron chi connectivity index (χ2n) is 6.42. The van der Waals surface area contributed by atoms with Crippen LogP contribution in [0.1, 0.15) is 39.0 Å². The molecule has 2 fully saturated rings. The van der Waals surface area contributed by atoms with E-state index in [0.717, 1.165) is 25.9 Å². The van der Waals surface area contributed by atoms with Crippen LogP contribution in [-0.4, -0.2) is 64.3 Å². The Labute approximate surface area is 125 Å². The Hall–Kier alpha value is -1.30. The fraction of sp³-hybridized carbons (Fsp3) is 0.867. The van der Waals surface area contributed by atoms with Crippen molar-refractivity contribution in [1.29, 1.82) is 0 Å². The monoisotopic (exact) mass is 298 g/mol. The van der Waals surface area contributed by atoms with E-state index >= 15 is 0 Å². The lowest BCUT2D eigenvalue weighted by Crippen LogP contribution is -2.52. The van der Waals surface area contributed by atoms with Gasteiger partial charge in [-0.1, -0.05) is 6.92 Å². The lowest BCUT2D eigenvalue weighted by atomic mass is 9.92. The molecule has 0 bridgehead atoms. The summed E-state index contributed by atoms with van der Waals surface area (Å²) in [5.41, 5.74) is 0. The normalized spacial score (nSPS) is 27.7. The maximum atomic E-state index is 12.5. The highest BCUT2D eigenvalue weighted by molar-refractivity contribution is 5.74. The number of carbonyl (C=O) groups excluding carboxylic acids is 1. The summed E-state index contributed by atoms with van der Waals surface area (Å²) in [6.07, 6.45) is 3.08. The van der Waals surface area contributed by atoms with Crippen LogP contribution >= 0.6 is 0 Å². The third kappa shape index (κ3) is 4.33. The second-order valence-corrected chi connectivity index (χ2v) is 6.42. The van der Waals surface area contributed by atoms with Gasteiger partial charge >= 0.3 is 12.0 Å². The van der Waals surface area contributed by atoms with Crippen molar-refractivity contribution < 1.29 is 19.8 Å². The van der Waals surface area contributed by atoms with Gasteiger partial charge in [-0.25, -0.2) is 4.79 Å². The average Bonchev–Trinajstić information content (AvgIpc) is 2.48. The van der Waals surface area contributed by atoms with Crippen molar-refractivity contribution in [2.24, 2.45) is 11.8 Å². The predicted molar refractivity (Wildman–Crippen MR) is 77.9 cm³/mol. The van der Waals surface area contributed by atoms with Gasteiger partial charge < -0.3 is 20.0 Å². The number of carboxylic acids is 1. The standard InChI is InChI=1S/C15H26N2O4/c1-11-10-17(9-6-13(11)18)15(21)16-7-4-12(5-8-16)2-3-14(19)20/h11-13,18H,2-10H2,1H3,(H,19,20). The van der Waals surface area contributed by atoms with Gasteiger partial charge in [-0.05, 0) is 37.5 Å². The molecule has 2 saturated heterocycles. The molecule has 2 amide bonds. The minimum absolute atomic E-state index is 0.0745. The van der Waals surface area contributed by atoms with Crippen LogP contribution in [-0.2, 0) is 4.79 Å². The summed E-state index contributed by atoms with van der Waals surface area (Å²) in [7, 11) is 0. The Morgan fingerprint density at radius 3 is 2.29 bits per heavy atom. The number of carbonyl (C=O) groups is 2. The van der Waals surface area contributed by atoms with E-state index in [4.69, 9.17) is 5.11 Å². The van der Waals surface area contributed by atoms with Gasteiger partial charge in [-0.15, -0.1) is 0 Å². The molecule has 6 nitrogen and oxygen atoms in total. The van der Waals surface area contributed by atoms with Crippen LogP contribution in [0.5, 0.6) is 0 Å². The molecular formula is C15H26N2O4. The molecule has 0 aromatic heterocycles. The van der Waals surface area contributed by atoms with E-state index in [1.807, 2.05) is 16.7 Å². The number of nitrogens with zero attached hydrogens (tertiary/aromatic N) is 2. The van der Waals surface area contributed by atoms with Crippen molar-refractivity contribution >= 4 is 12.0 Å². The number of aliphatic carboxylic acids is 1. The predicted octanol–water partition coefficient (Wildman–Crippen LogP) is 1.39. The van der Waals surface area contributed by atoms with E-state index in [1.165, 1.54) is 0 Å². The smallest absolute Gasteiger partial charge is 0.320 e. The molecule has 2 rings (SSSR count). The zero-order chi connectivity index (χ0) is 15.4. The van der Waals surface area contributed by atoms with Crippen LogP contribution in [0.15, 0.2) is 0 Å². The molecule has 0 aromatic rings. The van der Waals surface area contributed by atoms with Crippen LogP contribution in [0.4, 0.5) is 4.79 Å². The SMILES string of the molecule is CC1CN(C(=O)N2CCC(CCC(=O)O)CC2)CCC1O. The Morgan fingerprint density at radius 1 is 1.10 bits per heavy atom. The van der Waals surface area contributed by atoms with E-state index < -0.39 is 5.97 Å². The number of amides is 2. The van der Waals surface area contributed by atoms with E-state index in [0.29, 0.717) is 31.8 Å². The summed E-state index contributed by atoms with van der Waals surface area (Å²) in [4.78, 5) is 26.8.